The van der Waals surface area contributed by atoms with E-state index >= 15 is 0 Å². The molecule has 0 radical (unpaired) electrons. The Hall–Kier alpha value is -4.79. The quantitative estimate of drug-likeness (QED) is 0.141. The molecule has 1 amide bonds. The standard InChI is InChI=1S/C35H34N4O3S/c1-25-14-20-33(21-15-25)43(41,42)38-34(30-12-8-5-9-13-30)23-35(40)37-36-24-31-22-26(2)39(27(31)3)32-18-16-29(17-19-32)28-10-6-4-7-11-28/h4-22,24,34,38H,23H2,1-3H3,(H,37,40)/b36-24-/t34-/m0/s1. The number of aromatic nitrogens is 1. The molecule has 7 nitrogen and oxygen atoms in total. The Balaban J connectivity index is 1.28. The Morgan fingerprint density at radius 3 is 2.07 bits per heavy atom. The van der Waals surface area contributed by atoms with Gasteiger partial charge in [-0.2, -0.15) is 5.10 Å². The number of nitrogens with zero attached hydrogens (tertiary/aromatic N) is 2. The molecule has 0 unspecified atom stereocenters. The number of rotatable bonds is 10. The van der Waals surface area contributed by atoms with Crippen LogP contribution in [0.5, 0.6) is 0 Å². The molecule has 0 fully saturated rings. The van der Waals surface area contributed by atoms with Gasteiger partial charge in [-0.3, -0.25) is 4.79 Å². The molecule has 2 N–H and O–H groups in total. The predicted molar refractivity (Wildman–Crippen MR) is 172 cm³/mol. The van der Waals surface area contributed by atoms with Crippen molar-refractivity contribution in [2.24, 2.45) is 5.10 Å². The highest BCUT2D eigenvalue weighted by atomic mass is 32.2. The predicted octanol–water partition coefficient (Wildman–Crippen LogP) is 6.63. The van der Waals surface area contributed by atoms with E-state index in [4.69, 9.17) is 0 Å². The van der Waals surface area contributed by atoms with Crippen molar-refractivity contribution in [1.29, 1.82) is 0 Å². The maximum Gasteiger partial charge on any atom is 0.242 e. The minimum atomic E-state index is -3.86. The van der Waals surface area contributed by atoms with Gasteiger partial charge in [-0.15, -0.1) is 0 Å². The smallest absolute Gasteiger partial charge is 0.242 e. The van der Waals surface area contributed by atoms with E-state index in [9.17, 15) is 13.2 Å². The largest absolute Gasteiger partial charge is 0.318 e. The molecule has 218 valence electrons. The molecule has 0 aliphatic carbocycles. The van der Waals surface area contributed by atoms with Crippen LogP contribution < -0.4 is 10.1 Å². The highest BCUT2D eigenvalue weighted by Crippen LogP contribution is 2.25. The summed E-state index contributed by atoms with van der Waals surface area (Å²) in [6.45, 7) is 5.92. The van der Waals surface area contributed by atoms with Crippen molar-refractivity contribution in [2.45, 2.75) is 38.1 Å². The topological polar surface area (TPSA) is 92.6 Å². The highest BCUT2D eigenvalue weighted by Gasteiger charge is 2.23. The normalized spacial score (nSPS) is 12.3. The van der Waals surface area contributed by atoms with Gasteiger partial charge in [0, 0.05) is 29.1 Å². The molecular formula is C35H34N4O3S. The van der Waals surface area contributed by atoms with Gasteiger partial charge in [0.05, 0.1) is 17.2 Å². The second-order valence-electron chi connectivity index (χ2n) is 10.5. The van der Waals surface area contributed by atoms with E-state index in [0.29, 0.717) is 5.56 Å². The van der Waals surface area contributed by atoms with Crippen molar-refractivity contribution in [1.82, 2.24) is 14.7 Å². The number of sulfonamides is 1. The van der Waals surface area contributed by atoms with Gasteiger partial charge in [-0.25, -0.2) is 18.6 Å². The maximum absolute atomic E-state index is 13.1. The van der Waals surface area contributed by atoms with Crippen LogP contribution in [0.15, 0.2) is 125 Å². The summed E-state index contributed by atoms with van der Waals surface area (Å²) < 4.78 is 31.1. The average Bonchev–Trinajstić information content (AvgIpc) is 3.30. The summed E-state index contributed by atoms with van der Waals surface area (Å²) in [6.07, 6.45) is 1.49. The van der Waals surface area contributed by atoms with Crippen LogP contribution in [0.1, 0.15) is 40.5 Å². The summed E-state index contributed by atoms with van der Waals surface area (Å²) in [5, 5.41) is 4.20. The van der Waals surface area contributed by atoms with Crippen LogP contribution in [-0.4, -0.2) is 25.1 Å². The van der Waals surface area contributed by atoms with E-state index in [1.165, 1.54) is 0 Å². The Morgan fingerprint density at radius 1 is 0.814 bits per heavy atom. The average molecular weight is 591 g/mol. The molecule has 4 aromatic carbocycles. The molecule has 5 rings (SSSR count). The molecule has 1 aromatic heterocycles. The first kappa shape index (κ1) is 29.7. The first-order valence-corrected chi connectivity index (χ1v) is 15.5. The monoisotopic (exact) mass is 590 g/mol. The van der Waals surface area contributed by atoms with Gasteiger partial charge >= 0.3 is 0 Å². The van der Waals surface area contributed by atoms with E-state index in [-0.39, 0.29) is 11.3 Å². The minimum absolute atomic E-state index is 0.126. The lowest BCUT2D eigenvalue weighted by molar-refractivity contribution is -0.121. The fourth-order valence-electron chi connectivity index (χ4n) is 5.04. The summed E-state index contributed by atoms with van der Waals surface area (Å²) in [4.78, 5) is 13.1. The fourth-order valence-corrected chi connectivity index (χ4v) is 6.26. The summed E-state index contributed by atoms with van der Waals surface area (Å²) in [5.74, 6) is -0.415. The first-order valence-electron chi connectivity index (χ1n) is 14.0. The van der Waals surface area contributed by atoms with Crippen molar-refractivity contribution < 1.29 is 13.2 Å². The van der Waals surface area contributed by atoms with Crippen LogP contribution in [0.2, 0.25) is 0 Å². The van der Waals surface area contributed by atoms with Crippen molar-refractivity contribution in [3.05, 3.63) is 143 Å². The number of carbonyl (C=O) groups is 1. The van der Waals surface area contributed by atoms with Gasteiger partial charge in [0.1, 0.15) is 0 Å². The Bertz CT molecular complexity index is 1830. The van der Waals surface area contributed by atoms with Crippen LogP contribution in [0.4, 0.5) is 0 Å². The zero-order valence-corrected chi connectivity index (χ0v) is 25.2. The molecule has 1 heterocycles. The number of aryl methyl sites for hydroxylation is 2. The summed E-state index contributed by atoms with van der Waals surface area (Å²) in [5.41, 5.74) is 10.4. The lowest BCUT2D eigenvalue weighted by Gasteiger charge is -2.18. The van der Waals surface area contributed by atoms with E-state index in [1.807, 2.05) is 63.2 Å². The van der Waals surface area contributed by atoms with Crippen molar-refractivity contribution in [3.8, 4) is 16.8 Å². The van der Waals surface area contributed by atoms with Crippen molar-refractivity contribution in [2.75, 3.05) is 0 Å². The molecule has 0 aliphatic heterocycles. The zero-order chi connectivity index (χ0) is 30.4. The Morgan fingerprint density at radius 2 is 1.42 bits per heavy atom. The number of amides is 1. The van der Waals surface area contributed by atoms with Gasteiger partial charge in [-0.1, -0.05) is 90.5 Å². The SMILES string of the molecule is Cc1ccc(S(=O)(=O)N[C@@H](CC(=O)N/N=C\c2cc(C)n(-c3ccc(-c4ccccc4)cc3)c2C)c2ccccc2)cc1. The summed E-state index contributed by atoms with van der Waals surface area (Å²) in [7, 11) is -3.86. The second-order valence-corrected chi connectivity index (χ2v) is 12.2. The highest BCUT2D eigenvalue weighted by molar-refractivity contribution is 7.89. The fraction of sp³-hybridized carbons (Fsp3) is 0.143. The maximum atomic E-state index is 13.1. The van der Waals surface area contributed by atoms with Gasteiger partial charge < -0.3 is 4.57 Å². The number of carbonyl (C=O) groups excluding carboxylic acids is 1. The molecule has 5 aromatic rings. The Kier molecular flexibility index (Phi) is 8.99. The lowest BCUT2D eigenvalue weighted by Crippen LogP contribution is -2.32. The molecule has 43 heavy (non-hydrogen) atoms. The van der Waals surface area contributed by atoms with Crippen molar-refractivity contribution in [3.63, 3.8) is 0 Å². The van der Waals surface area contributed by atoms with Crippen LogP contribution in [-0.2, 0) is 14.8 Å². The zero-order valence-electron chi connectivity index (χ0n) is 24.4. The Labute approximate surface area is 253 Å². The molecule has 0 saturated carbocycles. The first-order chi connectivity index (χ1) is 20.7. The van der Waals surface area contributed by atoms with Crippen LogP contribution in [0.25, 0.3) is 16.8 Å². The molecular weight excluding hydrogens is 556 g/mol. The molecule has 0 spiro atoms. The van der Waals surface area contributed by atoms with Gasteiger partial charge in [0.2, 0.25) is 15.9 Å². The third-order valence-corrected chi connectivity index (χ3v) is 8.80. The molecule has 1 atom stereocenters. The van der Waals surface area contributed by atoms with Gasteiger partial charge in [0.15, 0.2) is 0 Å². The number of hydrazone groups is 1. The van der Waals surface area contributed by atoms with Crippen molar-refractivity contribution >= 4 is 22.1 Å². The van der Waals surface area contributed by atoms with E-state index in [2.05, 4.69) is 56.2 Å². The molecule has 0 bridgehead atoms. The number of hydrogen-bond donors (Lipinski definition) is 2. The van der Waals surface area contributed by atoms with Gasteiger partial charge in [0.25, 0.3) is 0 Å². The third-order valence-electron chi connectivity index (χ3n) is 7.32. The number of benzene rings is 4. The summed E-state index contributed by atoms with van der Waals surface area (Å²) >= 11 is 0. The van der Waals surface area contributed by atoms with E-state index in [1.54, 1.807) is 42.6 Å². The number of hydrogen-bond acceptors (Lipinski definition) is 4. The number of nitrogens with one attached hydrogen (secondary N) is 2. The van der Waals surface area contributed by atoms with Crippen LogP contribution >= 0.6 is 0 Å². The summed E-state index contributed by atoms with van der Waals surface area (Å²) in [6, 6.07) is 35.5. The molecule has 0 aliphatic rings. The minimum Gasteiger partial charge on any atom is -0.318 e. The molecule has 8 heteroatoms. The van der Waals surface area contributed by atoms with Gasteiger partial charge in [-0.05, 0) is 67.8 Å². The second kappa shape index (κ2) is 13.0. The van der Waals surface area contributed by atoms with E-state index < -0.39 is 22.0 Å². The van der Waals surface area contributed by atoms with Crippen LogP contribution in [0, 0.1) is 20.8 Å². The van der Waals surface area contributed by atoms with E-state index in [0.717, 1.165) is 39.3 Å². The van der Waals surface area contributed by atoms with Crippen LogP contribution in [0.3, 0.4) is 0 Å². The third kappa shape index (κ3) is 7.17. The molecule has 0 saturated heterocycles. The lowest BCUT2D eigenvalue weighted by atomic mass is 10.0.